The van der Waals surface area contributed by atoms with Crippen LogP contribution in [0.2, 0.25) is 0 Å². The number of nitrogens with zero attached hydrogens (tertiary/aromatic N) is 3. The van der Waals surface area contributed by atoms with Gasteiger partial charge in [-0.25, -0.2) is 4.79 Å². The summed E-state index contributed by atoms with van der Waals surface area (Å²) in [6, 6.07) is 16.9. The van der Waals surface area contributed by atoms with Crippen LogP contribution >= 0.6 is 0 Å². The first-order valence-electron chi connectivity index (χ1n) is 10.4. The van der Waals surface area contributed by atoms with Gasteiger partial charge in [-0.3, -0.25) is 14.7 Å². The average Bonchev–Trinajstić information content (AvgIpc) is 2.75. The lowest BCUT2D eigenvalue weighted by molar-refractivity contribution is -0.114. The number of anilines is 2. The van der Waals surface area contributed by atoms with Crippen molar-refractivity contribution in [1.82, 2.24) is 4.98 Å². The Balaban J connectivity index is 2.12. The molecule has 0 spiro atoms. The van der Waals surface area contributed by atoms with E-state index in [2.05, 4.69) is 16.9 Å². The van der Waals surface area contributed by atoms with Gasteiger partial charge < -0.3 is 10.1 Å². The number of rotatable bonds is 5. The van der Waals surface area contributed by atoms with Gasteiger partial charge in [0.15, 0.2) is 0 Å². The van der Waals surface area contributed by atoms with Crippen LogP contribution in [0, 0.1) is 11.3 Å². The summed E-state index contributed by atoms with van der Waals surface area (Å²) < 4.78 is 5.60. The maximum atomic E-state index is 13.1. The van der Waals surface area contributed by atoms with Gasteiger partial charge in [-0.1, -0.05) is 30.8 Å². The molecule has 33 heavy (non-hydrogen) atoms. The minimum Gasteiger partial charge on any atom is -0.443 e. The summed E-state index contributed by atoms with van der Waals surface area (Å²) in [4.78, 5) is 30.3. The fourth-order valence-corrected chi connectivity index (χ4v) is 3.31. The number of nitriles is 1. The van der Waals surface area contributed by atoms with Gasteiger partial charge in [0.2, 0.25) is 5.91 Å². The van der Waals surface area contributed by atoms with Gasteiger partial charge in [-0.05, 0) is 50.4 Å². The third kappa shape index (κ3) is 5.95. The number of amides is 2. The first-order valence-corrected chi connectivity index (χ1v) is 10.4. The lowest BCUT2D eigenvalue weighted by atomic mass is 10.0. The smallest absolute Gasteiger partial charge is 0.415 e. The van der Waals surface area contributed by atoms with Crippen LogP contribution in [0.1, 0.15) is 27.7 Å². The monoisotopic (exact) mass is 442 g/mol. The Bertz CT molecular complexity index is 1270. The van der Waals surface area contributed by atoms with Gasteiger partial charge in [0.1, 0.15) is 5.60 Å². The highest BCUT2D eigenvalue weighted by molar-refractivity contribution is 6.03. The van der Waals surface area contributed by atoms with Crippen molar-refractivity contribution < 1.29 is 14.3 Å². The predicted octanol–water partition coefficient (Wildman–Crippen LogP) is 5.68. The van der Waals surface area contributed by atoms with Crippen LogP contribution in [-0.2, 0) is 9.53 Å². The number of carbonyl (C=O) groups is 2. The molecule has 0 atom stereocenters. The van der Waals surface area contributed by atoms with Gasteiger partial charge in [0.05, 0.1) is 24.0 Å². The fourth-order valence-electron chi connectivity index (χ4n) is 3.31. The molecular weight excluding hydrogens is 416 g/mol. The summed E-state index contributed by atoms with van der Waals surface area (Å²) in [6.07, 6.45) is 1.06. The second kappa shape index (κ2) is 9.53. The number of carbonyl (C=O) groups excluding carboxylic acids is 2. The second-order valence-corrected chi connectivity index (χ2v) is 8.61. The van der Waals surface area contributed by atoms with Crippen molar-refractivity contribution in [2.24, 2.45) is 0 Å². The molecule has 3 aromatic rings. The standard InChI is InChI=1S/C26H26N4O3/c1-17(15-27)16-30(25(32)33-26(3,4)5)24-8-6-7-19-9-10-20(13-22(19)24)23-14-21(11-12-28-23)29-18(2)31/h6-14H,1,16H2,2-5H3,(H,28,29,31). The SMILES string of the molecule is C=C(C#N)CN(C(=O)OC(C)(C)C)c1cccc2ccc(-c3cc(NC(C)=O)ccn3)cc12. The normalized spacial score (nSPS) is 10.9. The maximum absolute atomic E-state index is 13.1. The zero-order chi connectivity index (χ0) is 24.2. The molecule has 0 aliphatic rings. The highest BCUT2D eigenvalue weighted by atomic mass is 16.6. The molecule has 0 aliphatic carbocycles. The Morgan fingerprint density at radius 1 is 1.18 bits per heavy atom. The van der Waals surface area contributed by atoms with Gasteiger partial charge >= 0.3 is 6.09 Å². The molecule has 0 saturated carbocycles. The minimum atomic E-state index is -0.701. The zero-order valence-corrected chi connectivity index (χ0v) is 19.2. The molecule has 0 radical (unpaired) electrons. The quantitative estimate of drug-likeness (QED) is 0.513. The Morgan fingerprint density at radius 3 is 2.61 bits per heavy atom. The number of hydrogen-bond acceptors (Lipinski definition) is 5. The van der Waals surface area contributed by atoms with Crippen LogP contribution < -0.4 is 10.2 Å². The van der Waals surface area contributed by atoms with Crippen molar-refractivity contribution in [3.05, 3.63) is 66.9 Å². The summed E-state index contributed by atoms with van der Waals surface area (Å²) in [7, 11) is 0. The van der Waals surface area contributed by atoms with Crippen molar-refractivity contribution in [3.8, 4) is 17.3 Å². The first kappa shape index (κ1) is 23.5. The molecule has 0 unspecified atom stereocenters. The van der Waals surface area contributed by atoms with E-state index in [0.717, 1.165) is 16.3 Å². The molecule has 1 heterocycles. The molecular formula is C26H26N4O3. The van der Waals surface area contributed by atoms with E-state index in [9.17, 15) is 14.9 Å². The number of pyridine rings is 1. The highest BCUT2D eigenvalue weighted by Gasteiger charge is 2.25. The van der Waals surface area contributed by atoms with Crippen LogP contribution in [-0.4, -0.2) is 29.1 Å². The topological polar surface area (TPSA) is 95.3 Å². The molecule has 2 aromatic carbocycles. The molecule has 1 N–H and O–H groups in total. The highest BCUT2D eigenvalue weighted by Crippen LogP contribution is 2.32. The van der Waals surface area contributed by atoms with Crippen molar-refractivity contribution in [1.29, 1.82) is 5.26 Å². The van der Waals surface area contributed by atoms with Crippen molar-refractivity contribution in [2.45, 2.75) is 33.3 Å². The number of nitrogens with one attached hydrogen (secondary N) is 1. The van der Waals surface area contributed by atoms with Crippen LogP contribution in [0.25, 0.3) is 22.0 Å². The van der Waals surface area contributed by atoms with Gasteiger partial charge in [0, 0.05) is 35.3 Å². The van der Waals surface area contributed by atoms with Gasteiger partial charge in [-0.15, -0.1) is 0 Å². The molecule has 2 amide bonds. The largest absolute Gasteiger partial charge is 0.443 e. The van der Waals surface area contributed by atoms with Crippen LogP contribution in [0.4, 0.5) is 16.2 Å². The molecule has 0 aliphatic heterocycles. The zero-order valence-electron chi connectivity index (χ0n) is 19.2. The van der Waals surface area contributed by atoms with E-state index in [1.165, 1.54) is 11.8 Å². The number of hydrogen-bond donors (Lipinski definition) is 1. The molecule has 0 bridgehead atoms. The van der Waals surface area contributed by atoms with Gasteiger partial charge in [-0.2, -0.15) is 5.26 Å². The van der Waals surface area contributed by atoms with E-state index >= 15 is 0 Å². The average molecular weight is 443 g/mol. The van der Waals surface area contributed by atoms with Crippen LogP contribution in [0.3, 0.4) is 0 Å². The first-order chi connectivity index (χ1) is 15.6. The van der Waals surface area contributed by atoms with E-state index < -0.39 is 11.7 Å². The summed E-state index contributed by atoms with van der Waals surface area (Å²) >= 11 is 0. The molecule has 0 fully saturated rings. The third-order valence-corrected chi connectivity index (χ3v) is 4.65. The van der Waals surface area contributed by atoms with E-state index in [1.54, 1.807) is 39.1 Å². The lowest BCUT2D eigenvalue weighted by Gasteiger charge is -2.28. The molecule has 7 nitrogen and oxygen atoms in total. The van der Waals surface area contributed by atoms with E-state index in [4.69, 9.17) is 4.74 Å². The number of ether oxygens (including phenoxy) is 1. The molecule has 1 aromatic heterocycles. The number of aromatic nitrogens is 1. The lowest BCUT2D eigenvalue weighted by Crippen LogP contribution is -2.38. The van der Waals surface area contributed by atoms with E-state index in [-0.39, 0.29) is 18.0 Å². The van der Waals surface area contributed by atoms with E-state index in [1.807, 2.05) is 42.5 Å². The summed E-state index contributed by atoms with van der Waals surface area (Å²) in [6.45, 7) is 10.6. The molecule has 0 saturated heterocycles. The Hall–Kier alpha value is -4.18. The Kier molecular flexibility index (Phi) is 6.78. The van der Waals surface area contributed by atoms with Crippen molar-refractivity contribution in [3.63, 3.8) is 0 Å². The summed E-state index contributed by atoms with van der Waals surface area (Å²) in [5, 5.41) is 13.7. The number of fused-ring (bicyclic) bond motifs is 1. The van der Waals surface area contributed by atoms with Crippen LogP contribution in [0.15, 0.2) is 66.9 Å². The van der Waals surface area contributed by atoms with Gasteiger partial charge in [0.25, 0.3) is 0 Å². The van der Waals surface area contributed by atoms with Crippen molar-refractivity contribution in [2.75, 3.05) is 16.8 Å². The molecule has 7 heteroatoms. The summed E-state index contributed by atoms with van der Waals surface area (Å²) in [5.41, 5.74) is 2.25. The van der Waals surface area contributed by atoms with Crippen LogP contribution in [0.5, 0.6) is 0 Å². The third-order valence-electron chi connectivity index (χ3n) is 4.65. The fraction of sp³-hybridized carbons (Fsp3) is 0.231. The van der Waals surface area contributed by atoms with E-state index in [0.29, 0.717) is 17.1 Å². The summed E-state index contributed by atoms with van der Waals surface area (Å²) in [5.74, 6) is -0.168. The minimum absolute atomic E-state index is 0.00498. The van der Waals surface area contributed by atoms with Crippen molar-refractivity contribution >= 4 is 34.1 Å². The maximum Gasteiger partial charge on any atom is 0.415 e. The predicted molar refractivity (Wildman–Crippen MR) is 130 cm³/mol. The second-order valence-electron chi connectivity index (χ2n) is 8.61. The molecule has 168 valence electrons. The number of benzene rings is 2. The Morgan fingerprint density at radius 2 is 1.94 bits per heavy atom. The Labute approximate surface area is 193 Å². The molecule has 3 rings (SSSR count).